The first-order chi connectivity index (χ1) is 10.2. The highest BCUT2D eigenvalue weighted by Gasteiger charge is 2.43. The van der Waals surface area contributed by atoms with E-state index in [2.05, 4.69) is 10.6 Å². The summed E-state index contributed by atoms with van der Waals surface area (Å²) >= 11 is 0. The number of hydrogen-bond acceptors (Lipinski definition) is 2. The predicted molar refractivity (Wildman–Crippen MR) is 78.5 cm³/mol. The van der Waals surface area contributed by atoms with E-state index in [1.807, 2.05) is 4.90 Å². The molecule has 1 aromatic carbocycles. The lowest BCUT2D eigenvalue weighted by atomic mass is 9.87. The monoisotopic (exact) mass is 290 g/mol. The molecule has 2 aliphatic rings. The fraction of sp³-hybridized carbons (Fsp3) is 0.562. The molecule has 2 fully saturated rings. The van der Waals surface area contributed by atoms with E-state index in [9.17, 15) is 9.18 Å². The number of hydrogen-bond donors (Lipinski definition) is 1. The summed E-state index contributed by atoms with van der Waals surface area (Å²) in [5.41, 5.74) is 0.482. The van der Waals surface area contributed by atoms with Crippen LogP contribution in [0.15, 0.2) is 24.3 Å². The van der Waals surface area contributed by atoms with E-state index in [0.717, 1.165) is 38.0 Å². The highest BCUT2D eigenvalue weighted by molar-refractivity contribution is 5.87. The molecule has 1 aromatic rings. The van der Waals surface area contributed by atoms with Gasteiger partial charge in [0.05, 0.1) is 0 Å². The third-order valence-electron chi connectivity index (χ3n) is 4.42. The Morgan fingerprint density at radius 1 is 1.29 bits per heavy atom. The van der Waals surface area contributed by atoms with E-state index in [1.165, 1.54) is 12.1 Å². The van der Waals surface area contributed by atoms with Crippen molar-refractivity contribution in [3.05, 3.63) is 35.6 Å². The minimum Gasteiger partial charge on any atom is -0.338 e. The number of benzene rings is 1. The SMILES string of the molecule is O=C(N1CC[N]CC1)[C@@]1(Cc2ccc(F)cc2)CCCN1. The van der Waals surface area contributed by atoms with E-state index < -0.39 is 5.54 Å². The Labute approximate surface area is 124 Å². The number of nitrogens with one attached hydrogen (secondary N) is 1. The molecule has 0 unspecified atom stereocenters. The maximum absolute atomic E-state index is 13.0. The van der Waals surface area contributed by atoms with Gasteiger partial charge in [0, 0.05) is 26.2 Å². The molecule has 5 heteroatoms. The summed E-state index contributed by atoms with van der Waals surface area (Å²) in [4.78, 5) is 14.9. The summed E-state index contributed by atoms with van der Waals surface area (Å²) in [5.74, 6) is -0.0598. The summed E-state index contributed by atoms with van der Waals surface area (Å²) in [6.07, 6.45) is 2.47. The van der Waals surface area contributed by atoms with Gasteiger partial charge in [-0.25, -0.2) is 9.71 Å². The van der Waals surface area contributed by atoms with E-state index in [-0.39, 0.29) is 11.7 Å². The molecule has 1 N–H and O–H groups in total. The Balaban J connectivity index is 1.78. The van der Waals surface area contributed by atoms with Crippen molar-refractivity contribution in [2.45, 2.75) is 24.8 Å². The Kier molecular flexibility index (Phi) is 4.22. The van der Waals surface area contributed by atoms with Crippen molar-refractivity contribution in [1.29, 1.82) is 0 Å². The maximum Gasteiger partial charge on any atom is 0.243 e. The minimum atomic E-state index is -0.519. The van der Waals surface area contributed by atoms with Crippen LogP contribution in [0.4, 0.5) is 4.39 Å². The average molecular weight is 290 g/mol. The number of carbonyl (C=O) groups is 1. The van der Waals surface area contributed by atoms with E-state index in [4.69, 9.17) is 0 Å². The zero-order valence-corrected chi connectivity index (χ0v) is 12.1. The van der Waals surface area contributed by atoms with E-state index in [1.54, 1.807) is 12.1 Å². The van der Waals surface area contributed by atoms with Crippen molar-refractivity contribution in [2.24, 2.45) is 0 Å². The summed E-state index contributed by atoms with van der Waals surface area (Å²) < 4.78 is 13.0. The standard InChI is InChI=1S/C16H21FN3O/c17-14-4-2-13(3-5-14)12-16(6-1-7-19-16)15(21)20-10-8-18-9-11-20/h2-5,19H,1,6-12H2/t16-/m0/s1. The zero-order valence-electron chi connectivity index (χ0n) is 12.1. The highest BCUT2D eigenvalue weighted by Crippen LogP contribution is 2.27. The van der Waals surface area contributed by atoms with E-state index in [0.29, 0.717) is 19.5 Å². The molecule has 1 amide bonds. The van der Waals surface area contributed by atoms with Gasteiger partial charge >= 0.3 is 0 Å². The Morgan fingerprint density at radius 2 is 2.00 bits per heavy atom. The lowest BCUT2D eigenvalue weighted by Gasteiger charge is -2.36. The third kappa shape index (κ3) is 3.09. The summed E-state index contributed by atoms with van der Waals surface area (Å²) in [6, 6.07) is 6.47. The molecule has 113 valence electrons. The van der Waals surface area contributed by atoms with Gasteiger partial charge in [-0.1, -0.05) is 12.1 Å². The first-order valence-electron chi connectivity index (χ1n) is 7.62. The molecule has 0 aromatic heterocycles. The molecular formula is C16H21FN3O. The Hall–Kier alpha value is -1.46. The van der Waals surface area contributed by atoms with Crippen LogP contribution in [0.2, 0.25) is 0 Å². The second-order valence-electron chi connectivity index (χ2n) is 5.88. The van der Waals surface area contributed by atoms with Gasteiger partial charge in [-0.05, 0) is 43.5 Å². The topological polar surface area (TPSA) is 46.4 Å². The second kappa shape index (κ2) is 6.12. The van der Waals surface area contributed by atoms with Crippen LogP contribution in [0.3, 0.4) is 0 Å². The minimum absolute atomic E-state index is 0.180. The van der Waals surface area contributed by atoms with Gasteiger partial charge in [-0.15, -0.1) is 0 Å². The van der Waals surface area contributed by atoms with Gasteiger partial charge < -0.3 is 10.2 Å². The van der Waals surface area contributed by atoms with Crippen LogP contribution in [-0.4, -0.2) is 49.1 Å². The first-order valence-corrected chi connectivity index (χ1v) is 7.62. The van der Waals surface area contributed by atoms with Crippen LogP contribution in [0.5, 0.6) is 0 Å². The number of amides is 1. The van der Waals surface area contributed by atoms with Gasteiger partial charge in [-0.2, -0.15) is 0 Å². The quantitative estimate of drug-likeness (QED) is 0.900. The number of carbonyl (C=O) groups excluding carboxylic acids is 1. The van der Waals surface area contributed by atoms with Crippen LogP contribution in [0.1, 0.15) is 18.4 Å². The molecule has 21 heavy (non-hydrogen) atoms. The molecule has 0 spiro atoms. The largest absolute Gasteiger partial charge is 0.338 e. The van der Waals surface area contributed by atoms with Crippen molar-refractivity contribution in [2.75, 3.05) is 32.7 Å². The van der Waals surface area contributed by atoms with Crippen LogP contribution in [0.25, 0.3) is 0 Å². The Morgan fingerprint density at radius 3 is 2.62 bits per heavy atom. The first kappa shape index (κ1) is 14.5. The van der Waals surface area contributed by atoms with Crippen LogP contribution >= 0.6 is 0 Å². The third-order valence-corrected chi connectivity index (χ3v) is 4.42. The maximum atomic E-state index is 13.0. The molecule has 1 radical (unpaired) electrons. The number of piperazine rings is 1. The van der Waals surface area contributed by atoms with Crippen molar-refractivity contribution in [3.63, 3.8) is 0 Å². The number of halogens is 1. The predicted octanol–water partition coefficient (Wildman–Crippen LogP) is 0.937. The smallest absolute Gasteiger partial charge is 0.243 e. The van der Waals surface area contributed by atoms with Gasteiger partial charge in [0.15, 0.2) is 0 Å². The summed E-state index contributed by atoms with van der Waals surface area (Å²) in [6.45, 7) is 3.76. The van der Waals surface area contributed by atoms with Crippen molar-refractivity contribution < 1.29 is 9.18 Å². The normalized spacial score (nSPS) is 26.0. The molecule has 2 aliphatic heterocycles. The van der Waals surface area contributed by atoms with Crippen molar-refractivity contribution in [1.82, 2.24) is 15.5 Å². The van der Waals surface area contributed by atoms with Gasteiger partial charge in [0.25, 0.3) is 0 Å². The Bertz CT molecular complexity index is 491. The van der Waals surface area contributed by atoms with Gasteiger partial charge in [-0.3, -0.25) is 4.79 Å². The molecule has 3 rings (SSSR count). The summed E-state index contributed by atoms with van der Waals surface area (Å²) in [5, 5.41) is 7.71. The zero-order chi connectivity index (χ0) is 14.7. The van der Waals surface area contributed by atoms with E-state index >= 15 is 0 Å². The average Bonchev–Trinajstić information content (AvgIpc) is 2.99. The lowest BCUT2D eigenvalue weighted by Crippen LogP contribution is -2.59. The van der Waals surface area contributed by atoms with Crippen molar-refractivity contribution in [3.8, 4) is 0 Å². The molecule has 2 saturated heterocycles. The molecule has 0 aliphatic carbocycles. The van der Waals surface area contributed by atoms with Crippen molar-refractivity contribution >= 4 is 5.91 Å². The molecule has 1 atom stereocenters. The van der Waals surface area contributed by atoms with Gasteiger partial charge in [0.2, 0.25) is 5.91 Å². The second-order valence-corrected chi connectivity index (χ2v) is 5.88. The molecule has 2 heterocycles. The van der Waals surface area contributed by atoms with Gasteiger partial charge in [0.1, 0.15) is 11.4 Å². The van der Waals surface area contributed by atoms with Crippen LogP contribution < -0.4 is 10.6 Å². The number of nitrogens with zero attached hydrogens (tertiary/aromatic N) is 2. The fourth-order valence-electron chi connectivity index (χ4n) is 3.28. The number of rotatable bonds is 3. The fourth-order valence-corrected chi connectivity index (χ4v) is 3.28. The van der Waals surface area contributed by atoms with Crippen LogP contribution in [-0.2, 0) is 11.2 Å². The lowest BCUT2D eigenvalue weighted by molar-refractivity contribution is -0.138. The molecule has 0 saturated carbocycles. The molecule has 0 bridgehead atoms. The highest BCUT2D eigenvalue weighted by atomic mass is 19.1. The summed E-state index contributed by atoms with van der Waals surface area (Å²) in [7, 11) is 0. The van der Waals surface area contributed by atoms with Crippen LogP contribution in [0, 0.1) is 5.82 Å². The molecule has 4 nitrogen and oxygen atoms in total. The molecular weight excluding hydrogens is 269 g/mol.